The summed E-state index contributed by atoms with van der Waals surface area (Å²) in [4.78, 5) is 0. The Morgan fingerprint density at radius 2 is 2.12 bits per heavy atom. The molecule has 0 saturated carbocycles. The molecule has 0 bridgehead atoms. The van der Waals surface area contributed by atoms with Gasteiger partial charge in [-0.15, -0.1) is 11.6 Å². The predicted octanol–water partition coefficient (Wildman–Crippen LogP) is 4.97. The number of alkyl halides is 1. The molecular weight excluding hydrogens is 259 g/mol. The summed E-state index contributed by atoms with van der Waals surface area (Å²) >= 11 is 13.7. The lowest BCUT2D eigenvalue weighted by atomic mass is 9.95. The van der Waals surface area contributed by atoms with E-state index in [0.717, 1.165) is 11.4 Å². The predicted molar refractivity (Wildman–Crippen MR) is 72.9 cm³/mol. The second-order valence-corrected chi connectivity index (χ2v) is 5.27. The van der Waals surface area contributed by atoms with Crippen LogP contribution >= 0.6 is 34.5 Å². The molecular formula is C13H12Cl2S. The highest BCUT2D eigenvalue weighted by molar-refractivity contribution is 7.07. The van der Waals surface area contributed by atoms with Crippen LogP contribution in [-0.4, -0.2) is 5.88 Å². The van der Waals surface area contributed by atoms with Gasteiger partial charge in [-0.1, -0.05) is 23.7 Å². The zero-order chi connectivity index (χ0) is 11.4. The van der Waals surface area contributed by atoms with Crippen LogP contribution < -0.4 is 0 Å². The number of thiophene rings is 1. The second kappa shape index (κ2) is 5.72. The van der Waals surface area contributed by atoms with Gasteiger partial charge in [-0.25, -0.2) is 0 Å². The molecule has 2 rings (SSSR count). The molecule has 16 heavy (non-hydrogen) atoms. The summed E-state index contributed by atoms with van der Waals surface area (Å²) < 4.78 is 0. The summed E-state index contributed by atoms with van der Waals surface area (Å²) in [6.45, 7) is 0. The maximum atomic E-state index is 6.03. The smallest absolute Gasteiger partial charge is 0.0408 e. The first-order valence-electron chi connectivity index (χ1n) is 5.12. The molecule has 0 aliphatic carbocycles. The lowest BCUT2D eigenvalue weighted by Crippen LogP contribution is -2.03. The molecule has 0 radical (unpaired) electrons. The molecule has 1 unspecified atom stereocenters. The Kier molecular flexibility index (Phi) is 4.28. The highest BCUT2D eigenvalue weighted by Gasteiger charge is 2.11. The van der Waals surface area contributed by atoms with Gasteiger partial charge in [0.2, 0.25) is 0 Å². The summed E-state index contributed by atoms with van der Waals surface area (Å²) in [7, 11) is 0. The molecule has 84 valence electrons. The van der Waals surface area contributed by atoms with Crippen LogP contribution in [0, 0.1) is 0 Å². The van der Waals surface area contributed by atoms with Crippen molar-refractivity contribution in [3.8, 4) is 0 Å². The van der Waals surface area contributed by atoms with E-state index in [9.17, 15) is 0 Å². The molecule has 0 aliphatic heterocycles. The summed E-state index contributed by atoms with van der Waals surface area (Å²) in [6, 6.07) is 10.1. The van der Waals surface area contributed by atoms with Gasteiger partial charge < -0.3 is 0 Å². The Labute approximate surface area is 110 Å². The number of hydrogen-bond acceptors (Lipinski definition) is 1. The summed E-state index contributed by atoms with van der Waals surface area (Å²) in [5, 5.41) is 5.04. The molecule has 2 aromatic rings. The maximum Gasteiger partial charge on any atom is 0.0408 e. The first-order chi connectivity index (χ1) is 7.79. The Bertz CT molecular complexity index is 437. The molecule has 3 heteroatoms. The highest BCUT2D eigenvalue weighted by atomic mass is 35.5. The van der Waals surface area contributed by atoms with Gasteiger partial charge in [-0.05, 0) is 46.5 Å². The lowest BCUT2D eigenvalue weighted by Gasteiger charge is -2.13. The van der Waals surface area contributed by atoms with Gasteiger partial charge in [0.1, 0.15) is 0 Å². The van der Waals surface area contributed by atoms with E-state index in [4.69, 9.17) is 23.2 Å². The first kappa shape index (κ1) is 12.0. The van der Waals surface area contributed by atoms with Crippen molar-refractivity contribution in [2.75, 3.05) is 5.88 Å². The van der Waals surface area contributed by atoms with Gasteiger partial charge in [0.05, 0.1) is 0 Å². The van der Waals surface area contributed by atoms with Crippen molar-refractivity contribution >= 4 is 34.5 Å². The minimum Gasteiger partial charge on any atom is -0.152 e. The van der Waals surface area contributed by atoms with E-state index in [1.165, 1.54) is 11.1 Å². The SMILES string of the molecule is ClCC(Cc1ccsc1)c1cccc(Cl)c1. The number of rotatable bonds is 4. The fourth-order valence-corrected chi connectivity index (χ4v) is 2.88. The fraction of sp³-hybridized carbons (Fsp3) is 0.231. The Morgan fingerprint density at radius 1 is 1.25 bits per heavy atom. The zero-order valence-corrected chi connectivity index (χ0v) is 11.0. The van der Waals surface area contributed by atoms with Crippen LogP contribution in [0.4, 0.5) is 0 Å². The molecule has 0 nitrogen and oxygen atoms in total. The minimum absolute atomic E-state index is 0.343. The van der Waals surface area contributed by atoms with E-state index in [2.05, 4.69) is 22.9 Å². The molecule has 0 N–H and O–H groups in total. The average Bonchev–Trinajstić information content (AvgIpc) is 2.78. The van der Waals surface area contributed by atoms with Gasteiger partial charge in [-0.3, -0.25) is 0 Å². The summed E-state index contributed by atoms with van der Waals surface area (Å²) in [5.74, 6) is 0.964. The maximum absolute atomic E-state index is 6.03. The van der Waals surface area contributed by atoms with E-state index in [0.29, 0.717) is 11.8 Å². The molecule has 1 aromatic heterocycles. The van der Waals surface area contributed by atoms with Gasteiger partial charge >= 0.3 is 0 Å². The van der Waals surface area contributed by atoms with E-state index >= 15 is 0 Å². The average molecular weight is 271 g/mol. The van der Waals surface area contributed by atoms with Gasteiger partial charge in [-0.2, -0.15) is 11.3 Å². The normalized spacial score (nSPS) is 12.6. The molecule has 0 fully saturated rings. The third-order valence-electron chi connectivity index (χ3n) is 2.57. The van der Waals surface area contributed by atoms with E-state index in [1.54, 1.807) is 11.3 Å². The molecule has 0 aliphatic rings. The van der Waals surface area contributed by atoms with Crippen molar-refractivity contribution in [3.05, 3.63) is 57.2 Å². The fourth-order valence-electron chi connectivity index (χ4n) is 1.72. The highest BCUT2D eigenvalue weighted by Crippen LogP contribution is 2.25. The Balaban J connectivity index is 2.16. The Morgan fingerprint density at radius 3 is 2.75 bits per heavy atom. The first-order valence-corrected chi connectivity index (χ1v) is 6.97. The lowest BCUT2D eigenvalue weighted by molar-refractivity contribution is 0.768. The van der Waals surface area contributed by atoms with Crippen LogP contribution in [0.5, 0.6) is 0 Å². The Hall–Kier alpha value is -0.500. The topological polar surface area (TPSA) is 0 Å². The zero-order valence-electron chi connectivity index (χ0n) is 8.70. The van der Waals surface area contributed by atoms with Gasteiger partial charge in [0.15, 0.2) is 0 Å². The van der Waals surface area contributed by atoms with Crippen LogP contribution in [-0.2, 0) is 6.42 Å². The van der Waals surface area contributed by atoms with Crippen LogP contribution in [0.3, 0.4) is 0 Å². The van der Waals surface area contributed by atoms with Crippen molar-refractivity contribution in [2.45, 2.75) is 12.3 Å². The van der Waals surface area contributed by atoms with Crippen molar-refractivity contribution in [2.24, 2.45) is 0 Å². The number of hydrogen-bond donors (Lipinski definition) is 0. The van der Waals surface area contributed by atoms with Crippen molar-refractivity contribution < 1.29 is 0 Å². The standard InChI is InChI=1S/C13H12Cl2S/c14-8-12(6-10-4-5-16-9-10)11-2-1-3-13(15)7-11/h1-5,7,9,12H,6,8H2. The quantitative estimate of drug-likeness (QED) is 0.689. The summed E-state index contributed by atoms with van der Waals surface area (Å²) in [5.41, 5.74) is 2.56. The summed E-state index contributed by atoms with van der Waals surface area (Å²) in [6.07, 6.45) is 0.980. The number of benzene rings is 1. The molecule has 0 amide bonds. The molecule has 1 heterocycles. The molecule has 1 aromatic carbocycles. The third kappa shape index (κ3) is 3.00. The molecule has 0 spiro atoms. The van der Waals surface area contributed by atoms with Crippen LogP contribution in [0.1, 0.15) is 17.0 Å². The van der Waals surface area contributed by atoms with E-state index in [1.807, 2.05) is 18.2 Å². The van der Waals surface area contributed by atoms with Gasteiger partial charge in [0.25, 0.3) is 0 Å². The third-order valence-corrected chi connectivity index (χ3v) is 3.91. The van der Waals surface area contributed by atoms with Gasteiger partial charge in [0, 0.05) is 16.8 Å². The number of halogens is 2. The van der Waals surface area contributed by atoms with Crippen molar-refractivity contribution in [1.29, 1.82) is 0 Å². The molecule has 0 saturated heterocycles. The minimum atomic E-state index is 0.343. The van der Waals surface area contributed by atoms with E-state index in [-0.39, 0.29) is 0 Å². The van der Waals surface area contributed by atoms with Crippen molar-refractivity contribution in [3.63, 3.8) is 0 Å². The van der Waals surface area contributed by atoms with Crippen LogP contribution in [0.2, 0.25) is 5.02 Å². The van der Waals surface area contributed by atoms with Crippen LogP contribution in [0.25, 0.3) is 0 Å². The van der Waals surface area contributed by atoms with Crippen molar-refractivity contribution in [1.82, 2.24) is 0 Å². The van der Waals surface area contributed by atoms with Crippen LogP contribution in [0.15, 0.2) is 41.1 Å². The monoisotopic (exact) mass is 270 g/mol. The van der Waals surface area contributed by atoms with E-state index < -0.39 is 0 Å². The largest absolute Gasteiger partial charge is 0.152 e. The molecule has 1 atom stereocenters. The second-order valence-electron chi connectivity index (χ2n) is 3.74.